The van der Waals surface area contributed by atoms with Gasteiger partial charge in [-0.3, -0.25) is 34.5 Å². The highest BCUT2D eigenvalue weighted by Gasteiger charge is 2.07. The van der Waals surface area contributed by atoms with E-state index in [4.69, 9.17) is 9.47 Å². The highest BCUT2D eigenvalue weighted by Crippen LogP contribution is 2.08. The summed E-state index contributed by atoms with van der Waals surface area (Å²) in [6.45, 7) is 7.70. The number of ether oxygens (including phenoxy) is 3. The number of hydrogen-bond donors (Lipinski definition) is 0. The minimum atomic E-state index is -0.350. The molecule has 0 aliphatic rings. The Kier molecular flexibility index (Phi) is 22.4. The number of carbonyl (C=O) groups excluding carboxylic acids is 5. The smallest absolute Gasteiger partial charge is 0.338 e. The molecule has 0 fully saturated rings. The fourth-order valence-electron chi connectivity index (χ4n) is 4.02. The molecule has 0 aliphatic carbocycles. The van der Waals surface area contributed by atoms with Gasteiger partial charge < -0.3 is 14.2 Å². The van der Waals surface area contributed by atoms with Crippen LogP contribution in [0.3, 0.4) is 0 Å². The Hall–Kier alpha value is -7.54. The largest absolute Gasteiger partial charge is 0.465 e. The predicted molar refractivity (Wildman–Crippen MR) is 213 cm³/mol. The molecule has 0 saturated heterocycles. The van der Waals surface area contributed by atoms with Crippen LogP contribution < -0.4 is 0 Å². The van der Waals surface area contributed by atoms with Crippen molar-refractivity contribution in [1.82, 2.24) is 24.9 Å². The van der Waals surface area contributed by atoms with E-state index < -0.39 is 0 Å². The molecule has 0 bridgehead atoms. The molecule has 0 atom stereocenters. The summed E-state index contributed by atoms with van der Waals surface area (Å²) >= 11 is 0. The average Bonchev–Trinajstić information content (AvgIpc) is 3.30. The van der Waals surface area contributed by atoms with Crippen molar-refractivity contribution in [1.29, 1.82) is 0 Å². The standard InChI is InChI=1S/C12H9NO.C9H9NO2.C8H9NO2.C8H9NO.C7H7NO2/c14-12(10-4-2-1-3-5-10)11-6-8-13-9-7-11;1-2-7-12-9(11)8-3-5-10-6-4-8;1-2-11-8(10)7-3-5-9-6-4-7;1-2-8(10)7-3-5-9-6-4-7;1-10-7(9)6-2-4-8-5-3-6/h1-9H;2-6H,1,7H2;3-6H,2H2,1H3;3-6H,2H2,1H3;2-5H,1H3. The third-order valence-electron chi connectivity index (χ3n) is 6.84. The topological polar surface area (TPSA) is 177 Å². The molecule has 13 nitrogen and oxygen atoms in total. The lowest BCUT2D eigenvalue weighted by Gasteiger charge is -1.99. The van der Waals surface area contributed by atoms with E-state index >= 15 is 0 Å². The van der Waals surface area contributed by atoms with Gasteiger partial charge >= 0.3 is 17.9 Å². The van der Waals surface area contributed by atoms with E-state index in [0.29, 0.717) is 40.8 Å². The summed E-state index contributed by atoms with van der Waals surface area (Å²) in [5.41, 5.74) is 3.70. The van der Waals surface area contributed by atoms with Crippen LogP contribution in [0.2, 0.25) is 0 Å². The molecule has 0 amide bonds. The van der Waals surface area contributed by atoms with Gasteiger partial charge in [-0.1, -0.05) is 49.9 Å². The van der Waals surface area contributed by atoms with E-state index in [-0.39, 0.29) is 36.1 Å². The summed E-state index contributed by atoms with van der Waals surface area (Å²) in [6.07, 6.45) is 17.9. The Bertz CT molecular complexity index is 1960. The molecule has 292 valence electrons. The highest BCUT2D eigenvalue weighted by molar-refractivity contribution is 6.08. The molecule has 13 heteroatoms. The molecule has 0 N–H and O–H groups in total. The van der Waals surface area contributed by atoms with Gasteiger partial charge in [-0.15, -0.1) is 0 Å². The van der Waals surface area contributed by atoms with E-state index in [9.17, 15) is 24.0 Å². The number of pyridine rings is 5. The summed E-state index contributed by atoms with van der Waals surface area (Å²) in [7, 11) is 1.35. The van der Waals surface area contributed by atoms with Crippen molar-refractivity contribution in [2.24, 2.45) is 0 Å². The van der Waals surface area contributed by atoms with Crippen molar-refractivity contribution in [3.63, 3.8) is 0 Å². The molecule has 6 aromatic rings. The number of hydrogen-bond acceptors (Lipinski definition) is 13. The number of nitrogens with zero attached hydrogens (tertiary/aromatic N) is 5. The Labute approximate surface area is 331 Å². The first-order valence-electron chi connectivity index (χ1n) is 17.4. The average molecular weight is 770 g/mol. The zero-order chi connectivity index (χ0) is 41.5. The van der Waals surface area contributed by atoms with E-state index in [2.05, 4.69) is 36.2 Å². The lowest BCUT2D eigenvalue weighted by molar-refractivity contribution is 0.0522. The molecule has 5 aromatic heterocycles. The molecule has 6 rings (SSSR count). The maximum atomic E-state index is 11.8. The zero-order valence-electron chi connectivity index (χ0n) is 31.8. The summed E-state index contributed by atoms with van der Waals surface area (Å²) in [6, 6.07) is 25.8. The maximum Gasteiger partial charge on any atom is 0.338 e. The molecule has 0 aliphatic heterocycles. The van der Waals surface area contributed by atoms with Crippen LogP contribution in [0.4, 0.5) is 0 Å². The van der Waals surface area contributed by atoms with Crippen molar-refractivity contribution in [2.75, 3.05) is 20.3 Å². The van der Waals surface area contributed by atoms with E-state index in [1.165, 1.54) is 13.2 Å². The third-order valence-corrected chi connectivity index (χ3v) is 6.84. The van der Waals surface area contributed by atoms with E-state index in [1.807, 2.05) is 37.3 Å². The normalized spacial score (nSPS) is 9.25. The Morgan fingerprint density at radius 3 is 1.21 bits per heavy atom. The first-order valence-corrected chi connectivity index (χ1v) is 17.4. The fourth-order valence-corrected chi connectivity index (χ4v) is 4.02. The second kappa shape index (κ2) is 28.0. The quantitative estimate of drug-likeness (QED) is 0.0578. The van der Waals surface area contributed by atoms with E-state index in [1.54, 1.807) is 130 Å². The third kappa shape index (κ3) is 18.4. The summed E-state index contributed by atoms with van der Waals surface area (Å²) in [5, 5.41) is 0. The number of rotatable bonds is 10. The number of Topliss-reactive ketones (excluding diaryl/α,β-unsaturated/α-hetero) is 1. The number of aromatic nitrogens is 5. The predicted octanol–water partition coefficient (Wildman–Crippen LogP) is 7.54. The Morgan fingerprint density at radius 1 is 0.491 bits per heavy atom. The number of ketones is 2. The molecule has 0 spiro atoms. The highest BCUT2D eigenvalue weighted by atomic mass is 16.5. The van der Waals surface area contributed by atoms with Crippen molar-refractivity contribution in [3.8, 4) is 0 Å². The van der Waals surface area contributed by atoms with Gasteiger partial charge in [-0.2, -0.15) is 0 Å². The molecule has 5 heterocycles. The summed E-state index contributed by atoms with van der Waals surface area (Å²) in [5.74, 6) is -0.773. The van der Waals surface area contributed by atoms with Gasteiger partial charge in [0, 0.05) is 85.1 Å². The Balaban J connectivity index is 0.000000247. The first-order chi connectivity index (χ1) is 27.7. The van der Waals surface area contributed by atoms with Gasteiger partial charge in [0.25, 0.3) is 0 Å². The minimum Gasteiger partial charge on any atom is -0.465 e. The number of carbonyl (C=O) groups is 5. The van der Waals surface area contributed by atoms with Crippen LogP contribution in [0, 0.1) is 0 Å². The van der Waals surface area contributed by atoms with Crippen LogP contribution >= 0.6 is 0 Å². The van der Waals surface area contributed by atoms with Gasteiger partial charge in [-0.05, 0) is 67.6 Å². The zero-order valence-corrected chi connectivity index (χ0v) is 31.8. The number of esters is 3. The fraction of sp³-hybridized carbons (Fsp3) is 0.136. The van der Waals surface area contributed by atoms with Crippen LogP contribution in [0.25, 0.3) is 0 Å². The lowest BCUT2D eigenvalue weighted by atomic mass is 10.1. The van der Waals surface area contributed by atoms with Crippen molar-refractivity contribution in [2.45, 2.75) is 20.3 Å². The van der Waals surface area contributed by atoms with Crippen LogP contribution in [-0.4, -0.2) is 74.7 Å². The van der Waals surface area contributed by atoms with Crippen LogP contribution in [-0.2, 0) is 14.2 Å². The number of benzene rings is 1. The van der Waals surface area contributed by atoms with Crippen LogP contribution in [0.1, 0.15) is 77.6 Å². The van der Waals surface area contributed by atoms with Gasteiger partial charge in [0.05, 0.1) is 30.4 Å². The first kappa shape index (κ1) is 45.6. The molecule has 0 saturated carbocycles. The molecule has 57 heavy (non-hydrogen) atoms. The lowest BCUT2D eigenvalue weighted by Crippen LogP contribution is -2.04. The summed E-state index contributed by atoms with van der Waals surface area (Å²) in [4.78, 5) is 74.7. The van der Waals surface area contributed by atoms with Crippen LogP contribution in [0.15, 0.2) is 166 Å². The maximum absolute atomic E-state index is 11.8. The van der Waals surface area contributed by atoms with Crippen molar-refractivity contribution < 1.29 is 38.2 Å². The van der Waals surface area contributed by atoms with Crippen molar-refractivity contribution in [3.05, 3.63) is 199 Å². The van der Waals surface area contributed by atoms with E-state index in [0.717, 1.165) is 5.56 Å². The monoisotopic (exact) mass is 769 g/mol. The SMILES string of the molecule is C=CCOC(=O)c1ccncc1.CCC(=O)c1ccncc1.CCOC(=O)c1ccncc1.COC(=O)c1ccncc1.O=C(c1ccccc1)c1ccncc1. The molecule has 0 radical (unpaired) electrons. The molecule has 1 aromatic carbocycles. The van der Waals surface area contributed by atoms with Crippen LogP contribution in [0.5, 0.6) is 0 Å². The molecular weight excluding hydrogens is 727 g/mol. The van der Waals surface area contributed by atoms with Gasteiger partial charge in [0.2, 0.25) is 0 Å². The van der Waals surface area contributed by atoms with Gasteiger partial charge in [-0.25, -0.2) is 14.4 Å². The molecule has 0 unspecified atom stereocenters. The second-order valence-corrected chi connectivity index (χ2v) is 10.8. The number of methoxy groups -OCH3 is 1. The van der Waals surface area contributed by atoms with Gasteiger partial charge in [0.1, 0.15) is 6.61 Å². The minimum absolute atomic E-state index is 0.0352. The Morgan fingerprint density at radius 2 is 0.842 bits per heavy atom. The van der Waals surface area contributed by atoms with Crippen molar-refractivity contribution >= 4 is 29.5 Å². The second-order valence-electron chi connectivity index (χ2n) is 10.8. The summed E-state index contributed by atoms with van der Waals surface area (Å²) < 4.78 is 14.0. The van der Waals surface area contributed by atoms with Gasteiger partial charge in [0.15, 0.2) is 11.6 Å². The molecular formula is C44H43N5O8.